The zero-order valence-electron chi connectivity index (χ0n) is 6.04. The summed E-state index contributed by atoms with van der Waals surface area (Å²) in [7, 11) is 0. The molecule has 0 atom stereocenters. The zero-order chi connectivity index (χ0) is 8.72. The molecule has 2 aromatic heterocycles. The molecule has 0 radical (unpaired) electrons. The first-order valence-electron chi connectivity index (χ1n) is 3.11. The second-order valence-corrected chi connectivity index (χ2v) is 2.24. The maximum Gasteiger partial charge on any atom is 0.327 e. The fourth-order valence-corrected chi connectivity index (χ4v) is 0.958. The van der Waals surface area contributed by atoms with Gasteiger partial charge in [0.2, 0.25) is 0 Å². The second kappa shape index (κ2) is 3.18. The van der Waals surface area contributed by atoms with E-state index in [1.165, 1.54) is 0 Å². The van der Waals surface area contributed by atoms with Gasteiger partial charge in [-0.05, 0) is 0 Å². The Labute approximate surface area is 83.9 Å². The van der Waals surface area contributed by atoms with E-state index >= 15 is 0 Å². The zero-order valence-corrected chi connectivity index (χ0v) is 8.31. The molecule has 72 valence electrons. The number of rotatable bonds is 0. The molecular formula is C5H4N4O3Pt. The Bertz CT molecular complexity index is 588. The Kier molecular flexibility index (Phi) is 2.38. The maximum atomic E-state index is 10.9. The first kappa shape index (κ1) is 9.72. The van der Waals surface area contributed by atoms with Crippen molar-refractivity contribution in [1.29, 1.82) is 0 Å². The predicted octanol–water partition coefficient (Wildman–Crippen LogP) is -1.77. The molecule has 2 aromatic rings. The smallest absolute Gasteiger partial charge is 0.300 e. The summed E-state index contributed by atoms with van der Waals surface area (Å²) in [5, 5.41) is 0. The molecule has 2 rings (SSSR count). The van der Waals surface area contributed by atoms with Crippen LogP contribution < -0.4 is 16.9 Å². The number of aromatic amines is 4. The minimum Gasteiger partial charge on any atom is -0.300 e. The second-order valence-electron chi connectivity index (χ2n) is 2.24. The molecule has 8 heteroatoms. The first-order chi connectivity index (χ1) is 5.66. The molecule has 2 heterocycles. The van der Waals surface area contributed by atoms with E-state index in [-0.39, 0.29) is 32.2 Å². The summed E-state index contributed by atoms with van der Waals surface area (Å²) in [5.74, 6) is 0. The van der Waals surface area contributed by atoms with Crippen molar-refractivity contribution in [3.05, 3.63) is 31.3 Å². The molecule has 0 aliphatic rings. The van der Waals surface area contributed by atoms with Crippen molar-refractivity contribution in [1.82, 2.24) is 19.9 Å². The normalized spacial score (nSPS) is 9.85. The fourth-order valence-electron chi connectivity index (χ4n) is 0.958. The first-order valence-corrected chi connectivity index (χ1v) is 3.11. The van der Waals surface area contributed by atoms with Crippen LogP contribution in [0.5, 0.6) is 0 Å². The van der Waals surface area contributed by atoms with Gasteiger partial charge in [0, 0.05) is 21.1 Å². The van der Waals surface area contributed by atoms with Crippen molar-refractivity contribution in [3.8, 4) is 0 Å². The molecule has 0 aromatic carbocycles. The van der Waals surface area contributed by atoms with E-state index in [9.17, 15) is 14.4 Å². The van der Waals surface area contributed by atoms with E-state index in [2.05, 4.69) is 15.0 Å². The molecular weight excluding hydrogens is 359 g/mol. The van der Waals surface area contributed by atoms with Gasteiger partial charge in [-0.1, -0.05) is 0 Å². The van der Waals surface area contributed by atoms with E-state index in [0.717, 1.165) is 0 Å². The molecule has 0 aliphatic carbocycles. The largest absolute Gasteiger partial charge is 0.327 e. The summed E-state index contributed by atoms with van der Waals surface area (Å²) in [6.45, 7) is 0. The Balaban J connectivity index is 0.000000845. The van der Waals surface area contributed by atoms with Crippen LogP contribution in [0, 0.1) is 0 Å². The third kappa shape index (κ3) is 1.55. The van der Waals surface area contributed by atoms with E-state index < -0.39 is 16.9 Å². The standard InChI is InChI=1S/C5H4N4O3.Pt/c10-3-1-2(7-4(11)6-1)8-5(12)9-3;/h(H4,6,7,8,9,10,11,12);. The molecule has 0 fully saturated rings. The molecule has 4 N–H and O–H groups in total. The van der Waals surface area contributed by atoms with Gasteiger partial charge in [-0.15, -0.1) is 0 Å². The van der Waals surface area contributed by atoms with Gasteiger partial charge in [0.05, 0.1) is 0 Å². The summed E-state index contributed by atoms with van der Waals surface area (Å²) in [6.07, 6.45) is 0. The average Bonchev–Trinajstić information content (AvgIpc) is 2.29. The fraction of sp³-hybridized carbons (Fsp3) is 0. The Hall–Kier alpha value is -1.36. The van der Waals surface area contributed by atoms with Crippen molar-refractivity contribution in [3.63, 3.8) is 0 Å². The summed E-state index contributed by atoms with van der Waals surface area (Å²) in [4.78, 5) is 41.0. The molecule has 0 aliphatic heterocycles. The van der Waals surface area contributed by atoms with Gasteiger partial charge in [0.25, 0.3) is 5.56 Å². The quantitative estimate of drug-likeness (QED) is 0.444. The van der Waals surface area contributed by atoms with Crippen LogP contribution in [0.2, 0.25) is 0 Å². The van der Waals surface area contributed by atoms with Crippen molar-refractivity contribution in [2.75, 3.05) is 0 Å². The van der Waals surface area contributed by atoms with Crippen LogP contribution in [-0.4, -0.2) is 19.9 Å². The minimum absolute atomic E-state index is 0. The van der Waals surface area contributed by atoms with Crippen LogP contribution in [0.4, 0.5) is 0 Å². The molecule has 7 nitrogen and oxygen atoms in total. The Morgan fingerprint density at radius 2 is 1.31 bits per heavy atom. The number of hydrogen-bond acceptors (Lipinski definition) is 3. The molecule has 0 bridgehead atoms. The van der Waals surface area contributed by atoms with Crippen LogP contribution >= 0.6 is 0 Å². The molecule has 0 unspecified atom stereocenters. The van der Waals surface area contributed by atoms with Gasteiger partial charge >= 0.3 is 11.4 Å². The number of H-pyrrole nitrogens is 4. The van der Waals surface area contributed by atoms with Gasteiger partial charge in [-0.25, -0.2) is 9.59 Å². The van der Waals surface area contributed by atoms with E-state index in [1.54, 1.807) is 0 Å². The van der Waals surface area contributed by atoms with E-state index in [4.69, 9.17) is 0 Å². The summed E-state index contributed by atoms with van der Waals surface area (Å²) in [5.41, 5.74) is -1.65. The van der Waals surface area contributed by atoms with Crippen LogP contribution in [0.1, 0.15) is 0 Å². The van der Waals surface area contributed by atoms with Crippen LogP contribution in [0.25, 0.3) is 11.2 Å². The Morgan fingerprint density at radius 1 is 0.769 bits per heavy atom. The number of aromatic nitrogens is 4. The van der Waals surface area contributed by atoms with Crippen molar-refractivity contribution >= 4 is 11.2 Å². The maximum absolute atomic E-state index is 10.9. The third-order valence-electron chi connectivity index (χ3n) is 1.42. The van der Waals surface area contributed by atoms with Crippen molar-refractivity contribution < 1.29 is 21.1 Å². The summed E-state index contributed by atoms with van der Waals surface area (Å²) >= 11 is 0. The van der Waals surface area contributed by atoms with Gasteiger partial charge in [-0.2, -0.15) is 0 Å². The van der Waals surface area contributed by atoms with Crippen LogP contribution in [-0.2, 0) is 21.1 Å². The monoisotopic (exact) mass is 363 g/mol. The average molecular weight is 363 g/mol. The van der Waals surface area contributed by atoms with E-state index in [1.807, 2.05) is 4.98 Å². The van der Waals surface area contributed by atoms with Crippen molar-refractivity contribution in [2.24, 2.45) is 0 Å². The number of fused-ring (bicyclic) bond motifs is 1. The van der Waals surface area contributed by atoms with Gasteiger partial charge in [0.1, 0.15) is 11.2 Å². The Morgan fingerprint density at radius 3 is 1.92 bits per heavy atom. The molecule has 0 saturated carbocycles. The van der Waals surface area contributed by atoms with E-state index in [0.29, 0.717) is 0 Å². The third-order valence-corrected chi connectivity index (χ3v) is 1.42. The summed E-state index contributed by atoms with van der Waals surface area (Å²) in [6, 6.07) is 0. The number of imidazole rings is 1. The molecule has 0 amide bonds. The number of nitrogens with one attached hydrogen (secondary N) is 4. The minimum atomic E-state index is -0.650. The number of hydrogen-bond donors (Lipinski definition) is 4. The molecule has 0 spiro atoms. The topological polar surface area (TPSA) is 114 Å². The predicted molar refractivity (Wildman–Crippen MR) is 40.2 cm³/mol. The molecule has 0 saturated heterocycles. The van der Waals surface area contributed by atoms with Crippen LogP contribution in [0.3, 0.4) is 0 Å². The SMILES string of the molecule is O=c1[nH]c(=O)c2[nH]c(=O)[nH]c2[nH]1.[Pt]. The van der Waals surface area contributed by atoms with Crippen molar-refractivity contribution in [2.45, 2.75) is 0 Å². The van der Waals surface area contributed by atoms with Gasteiger partial charge in [-0.3, -0.25) is 24.7 Å². The van der Waals surface area contributed by atoms with Gasteiger partial charge < -0.3 is 0 Å². The summed E-state index contributed by atoms with van der Waals surface area (Å²) < 4.78 is 0. The van der Waals surface area contributed by atoms with Gasteiger partial charge in [0.15, 0.2) is 0 Å². The molecule has 13 heavy (non-hydrogen) atoms. The van der Waals surface area contributed by atoms with Crippen LogP contribution in [0.15, 0.2) is 14.4 Å².